The molecule has 0 atom stereocenters. The van der Waals surface area contributed by atoms with Gasteiger partial charge in [0.2, 0.25) is 21.7 Å². The number of aromatic nitrogens is 3. The number of hydrogen-bond acceptors (Lipinski definition) is 8. The van der Waals surface area contributed by atoms with E-state index < -0.39 is 16.0 Å². The molecule has 0 N–H and O–H groups in total. The molecule has 1 aliphatic heterocycles. The minimum atomic E-state index is -3.32. The molecule has 1 aliphatic rings. The van der Waals surface area contributed by atoms with Crippen molar-refractivity contribution in [2.24, 2.45) is 0 Å². The van der Waals surface area contributed by atoms with E-state index in [2.05, 4.69) is 15.1 Å². The SMILES string of the molecule is CS(=O)(=O)N1CCc2cc(C(=O)OCCCc3nc(-c4cccnc4)no3)ccc21. The van der Waals surface area contributed by atoms with Gasteiger partial charge in [0.25, 0.3) is 0 Å². The number of sulfonamides is 1. The molecule has 0 aliphatic carbocycles. The molecule has 156 valence electrons. The molecule has 3 heterocycles. The third-order valence-corrected chi connectivity index (χ3v) is 5.90. The number of rotatable bonds is 7. The van der Waals surface area contributed by atoms with E-state index in [0.717, 1.165) is 11.1 Å². The van der Waals surface area contributed by atoms with Gasteiger partial charge < -0.3 is 9.26 Å². The molecule has 4 rings (SSSR count). The summed E-state index contributed by atoms with van der Waals surface area (Å²) in [7, 11) is -3.32. The van der Waals surface area contributed by atoms with E-state index in [1.54, 1.807) is 36.7 Å². The molecule has 0 radical (unpaired) electrons. The third-order valence-electron chi connectivity index (χ3n) is 4.72. The molecule has 3 aromatic rings. The van der Waals surface area contributed by atoms with Crippen molar-refractivity contribution in [1.82, 2.24) is 15.1 Å². The van der Waals surface area contributed by atoms with Gasteiger partial charge in [0.05, 0.1) is 24.1 Å². The number of carbonyl (C=O) groups is 1. The first-order valence-electron chi connectivity index (χ1n) is 9.42. The van der Waals surface area contributed by atoms with Gasteiger partial charge in [-0.2, -0.15) is 4.98 Å². The van der Waals surface area contributed by atoms with Gasteiger partial charge in [-0.1, -0.05) is 5.16 Å². The summed E-state index contributed by atoms with van der Waals surface area (Å²) in [5, 5.41) is 3.92. The van der Waals surface area contributed by atoms with Gasteiger partial charge in [0, 0.05) is 30.9 Å². The van der Waals surface area contributed by atoms with Crippen LogP contribution in [0.2, 0.25) is 0 Å². The van der Waals surface area contributed by atoms with Crippen LogP contribution in [0.5, 0.6) is 0 Å². The Labute approximate surface area is 173 Å². The maximum Gasteiger partial charge on any atom is 0.338 e. The van der Waals surface area contributed by atoms with Gasteiger partial charge in [-0.3, -0.25) is 9.29 Å². The molecule has 9 nitrogen and oxygen atoms in total. The van der Waals surface area contributed by atoms with Gasteiger partial charge >= 0.3 is 5.97 Å². The molecule has 0 bridgehead atoms. The topological polar surface area (TPSA) is 115 Å². The Balaban J connectivity index is 1.29. The fourth-order valence-electron chi connectivity index (χ4n) is 3.28. The van der Waals surface area contributed by atoms with Crippen molar-refractivity contribution in [2.45, 2.75) is 19.3 Å². The summed E-state index contributed by atoms with van der Waals surface area (Å²) in [5.41, 5.74) is 2.62. The number of fused-ring (bicyclic) bond motifs is 1. The summed E-state index contributed by atoms with van der Waals surface area (Å²) in [6, 6.07) is 8.57. The zero-order valence-electron chi connectivity index (χ0n) is 16.3. The van der Waals surface area contributed by atoms with Crippen LogP contribution in [0.3, 0.4) is 0 Å². The number of pyridine rings is 1. The summed E-state index contributed by atoms with van der Waals surface area (Å²) >= 11 is 0. The van der Waals surface area contributed by atoms with Crippen molar-refractivity contribution in [3.63, 3.8) is 0 Å². The number of benzene rings is 1. The molecule has 0 unspecified atom stereocenters. The first-order valence-corrected chi connectivity index (χ1v) is 11.3. The van der Waals surface area contributed by atoms with Crippen LogP contribution < -0.4 is 4.31 Å². The number of aryl methyl sites for hydroxylation is 1. The van der Waals surface area contributed by atoms with Crippen molar-refractivity contribution in [3.8, 4) is 11.4 Å². The van der Waals surface area contributed by atoms with Gasteiger partial charge in [-0.25, -0.2) is 13.2 Å². The van der Waals surface area contributed by atoms with Crippen LogP contribution in [0.25, 0.3) is 11.4 Å². The molecule has 0 amide bonds. The fraction of sp³-hybridized carbons (Fsp3) is 0.300. The highest BCUT2D eigenvalue weighted by Crippen LogP contribution is 2.30. The maximum atomic E-state index is 12.3. The highest BCUT2D eigenvalue weighted by atomic mass is 32.2. The first kappa shape index (κ1) is 20.0. The van der Waals surface area contributed by atoms with Crippen LogP contribution in [0.15, 0.2) is 47.2 Å². The Kier molecular flexibility index (Phi) is 5.49. The van der Waals surface area contributed by atoms with Crippen LogP contribution in [-0.4, -0.2) is 48.9 Å². The molecule has 10 heteroatoms. The lowest BCUT2D eigenvalue weighted by Crippen LogP contribution is -2.27. The van der Waals surface area contributed by atoms with Crippen molar-refractivity contribution in [1.29, 1.82) is 0 Å². The van der Waals surface area contributed by atoms with Crippen LogP contribution in [0, 0.1) is 0 Å². The number of hydrogen-bond donors (Lipinski definition) is 0. The average Bonchev–Trinajstić information content (AvgIpc) is 3.38. The van der Waals surface area contributed by atoms with E-state index in [9.17, 15) is 13.2 Å². The predicted molar refractivity (Wildman–Crippen MR) is 108 cm³/mol. The molecule has 30 heavy (non-hydrogen) atoms. The zero-order valence-corrected chi connectivity index (χ0v) is 17.1. The second-order valence-corrected chi connectivity index (χ2v) is 8.83. The van der Waals surface area contributed by atoms with Crippen LogP contribution in [0.4, 0.5) is 5.69 Å². The van der Waals surface area contributed by atoms with Gasteiger partial charge in [-0.05, 0) is 48.7 Å². The fourth-order valence-corrected chi connectivity index (χ4v) is 4.24. The lowest BCUT2D eigenvalue weighted by molar-refractivity contribution is 0.0498. The van der Waals surface area contributed by atoms with Crippen molar-refractivity contribution in [2.75, 3.05) is 23.7 Å². The summed E-state index contributed by atoms with van der Waals surface area (Å²) in [6.45, 7) is 0.591. The Morgan fingerprint density at radius 2 is 2.17 bits per heavy atom. The summed E-state index contributed by atoms with van der Waals surface area (Å²) < 4.78 is 35.5. The number of nitrogens with zero attached hydrogens (tertiary/aromatic N) is 4. The van der Waals surface area contributed by atoms with E-state index in [1.807, 2.05) is 6.07 Å². The smallest absolute Gasteiger partial charge is 0.338 e. The van der Waals surface area contributed by atoms with E-state index >= 15 is 0 Å². The second-order valence-electron chi connectivity index (χ2n) is 6.92. The highest BCUT2D eigenvalue weighted by Gasteiger charge is 2.27. The number of esters is 1. The predicted octanol–water partition coefficient (Wildman–Crippen LogP) is 2.24. The van der Waals surface area contributed by atoms with Gasteiger partial charge in [-0.15, -0.1) is 0 Å². The van der Waals surface area contributed by atoms with Crippen LogP contribution in [-0.2, 0) is 27.6 Å². The number of anilines is 1. The largest absolute Gasteiger partial charge is 0.462 e. The number of carbonyl (C=O) groups excluding carboxylic acids is 1. The van der Waals surface area contributed by atoms with Crippen molar-refractivity contribution in [3.05, 3.63) is 59.7 Å². The van der Waals surface area contributed by atoms with E-state index in [0.29, 0.717) is 48.8 Å². The quantitative estimate of drug-likeness (QED) is 0.416. The van der Waals surface area contributed by atoms with Crippen LogP contribution in [0.1, 0.15) is 28.2 Å². The lowest BCUT2D eigenvalue weighted by atomic mass is 10.1. The molecule has 1 aromatic carbocycles. The van der Waals surface area contributed by atoms with E-state index in [-0.39, 0.29) is 6.61 Å². The molecule has 0 saturated carbocycles. The van der Waals surface area contributed by atoms with E-state index in [4.69, 9.17) is 9.26 Å². The van der Waals surface area contributed by atoms with Crippen LogP contribution >= 0.6 is 0 Å². The Hall–Kier alpha value is -3.27. The molecular formula is C20H20N4O5S. The minimum Gasteiger partial charge on any atom is -0.462 e. The van der Waals surface area contributed by atoms with E-state index in [1.165, 1.54) is 10.6 Å². The lowest BCUT2D eigenvalue weighted by Gasteiger charge is -2.16. The Morgan fingerprint density at radius 1 is 1.30 bits per heavy atom. The van der Waals surface area contributed by atoms with Crippen molar-refractivity contribution < 1.29 is 22.5 Å². The summed E-state index contributed by atoms with van der Waals surface area (Å²) in [5.74, 6) is 0.483. The minimum absolute atomic E-state index is 0.204. The molecule has 0 fully saturated rings. The molecule has 0 saturated heterocycles. The monoisotopic (exact) mass is 428 g/mol. The molecular weight excluding hydrogens is 408 g/mol. The zero-order chi connectivity index (χ0) is 21.1. The molecule has 0 spiro atoms. The van der Waals surface area contributed by atoms with Gasteiger partial charge in [0.1, 0.15) is 0 Å². The van der Waals surface area contributed by atoms with Crippen molar-refractivity contribution >= 4 is 21.7 Å². The highest BCUT2D eigenvalue weighted by molar-refractivity contribution is 7.92. The normalized spacial score (nSPS) is 13.3. The standard InChI is InChI=1S/C20H20N4O5S/c1-30(26,27)24-10-8-14-12-15(6-7-17(14)24)20(25)28-11-3-5-18-22-19(23-29-18)16-4-2-9-21-13-16/h2,4,6-7,9,12-13H,3,5,8,10-11H2,1H3. The maximum absolute atomic E-state index is 12.3. The summed E-state index contributed by atoms with van der Waals surface area (Å²) in [6.07, 6.45) is 6.08. The average molecular weight is 428 g/mol. The van der Waals surface area contributed by atoms with Gasteiger partial charge in [0.15, 0.2) is 0 Å². The first-order chi connectivity index (χ1) is 14.4. The number of ether oxygens (including phenoxy) is 1. The Morgan fingerprint density at radius 3 is 2.93 bits per heavy atom. The third kappa shape index (κ3) is 4.33. The molecule has 2 aromatic heterocycles. The second kappa shape index (κ2) is 8.23. The summed E-state index contributed by atoms with van der Waals surface area (Å²) in [4.78, 5) is 20.6. The Bertz CT molecular complexity index is 1160.